The Hall–Kier alpha value is -1.76. The number of benzene rings is 1. The number of aliphatic carboxylic acids is 1. The van der Waals surface area contributed by atoms with Crippen molar-refractivity contribution >= 4 is 11.7 Å². The van der Waals surface area contributed by atoms with Gasteiger partial charge in [-0.15, -0.1) is 13.2 Å². The van der Waals surface area contributed by atoms with Gasteiger partial charge in [0, 0.05) is 25.2 Å². The number of alkyl halides is 3. The maximum atomic E-state index is 11.9. The predicted octanol–water partition coefficient (Wildman–Crippen LogP) is 2.89. The van der Waals surface area contributed by atoms with Gasteiger partial charge in [0.2, 0.25) is 0 Å². The van der Waals surface area contributed by atoms with Crippen molar-refractivity contribution in [2.45, 2.75) is 19.2 Å². The molecule has 0 aromatic heterocycles. The van der Waals surface area contributed by atoms with Crippen LogP contribution in [0.4, 0.5) is 18.9 Å². The zero-order valence-corrected chi connectivity index (χ0v) is 10.8. The lowest BCUT2D eigenvalue weighted by Crippen LogP contribution is -2.30. The number of ether oxygens (including phenoxy) is 1. The Labute approximate surface area is 114 Å². The summed E-state index contributed by atoms with van der Waals surface area (Å²) in [6.07, 6.45) is -4.32. The van der Waals surface area contributed by atoms with Gasteiger partial charge in [-0.3, -0.25) is 9.53 Å². The molecule has 4 nitrogen and oxygen atoms in total. The maximum Gasteiger partial charge on any atom is 0.522 e. The minimum atomic E-state index is -4.65. The molecule has 1 N–H and O–H groups in total. The van der Waals surface area contributed by atoms with Crippen LogP contribution in [0.1, 0.15) is 12.8 Å². The Morgan fingerprint density at radius 2 is 1.85 bits per heavy atom. The van der Waals surface area contributed by atoms with E-state index < -0.39 is 18.9 Å². The normalized spacial score (nSPS) is 11.3. The number of carboxylic acid groups (broad SMARTS) is 1. The van der Waals surface area contributed by atoms with Crippen molar-refractivity contribution in [1.29, 1.82) is 0 Å². The topological polar surface area (TPSA) is 49.8 Å². The number of nitrogens with zero attached hydrogens (tertiary/aromatic N) is 1. The van der Waals surface area contributed by atoms with Crippen molar-refractivity contribution < 1.29 is 27.8 Å². The second kappa shape index (κ2) is 7.74. The molecule has 7 heteroatoms. The van der Waals surface area contributed by atoms with Crippen LogP contribution in [-0.2, 0) is 9.53 Å². The average Bonchev–Trinajstić information content (AvgIpc) is 2.36. The number of carboxylic acids is 1. The third-order valence-electron chi connectivity index (χ3n) is 2.57. The Morgan fingerprint density at radius 1 is 1.20 bits per heavy atom. The summed E-state index contributed by atoms with van der Waals surface area (Å²) in [6, 6.07) is 8.85. The molecule has 1 rings (SSSR count). The minimum Gasteiger partial charge on any atom is -0.481 e. The van der Waals surface area contributed by atoms with E-state index in [1.165, 1.54) is 0 Å². The van der Waals surface area contributed by atoms with Crippen LogP contribution < -0.4 is 4.90 Å². The highest BCUT2D eigenvalue weighted by Gasteiger charge is 2.28. The van der Waals surface area contributed by atoms with Crippen LogP contribution in [0.5, 0.6) is 0 Å². The van der Waals surface area contributed by atoms with Crippen LogP contribution in [0.3, 0.4) is 0 Å². The van der Waals surface area contributed by atoms with Gasteiger partial charge in [-0.1, -0.05) is 18.2 Å². The molecule has 0 unspecified atom stereocenters. The molecule has 0 atom stereocenters. The molecule has 0 aliphatic heterocycles. The molecule has 0 bridgehead atoms. The standard InChI is InChI=1S/C13H16F3NO3/c14-13(15,16)20-10-9-17(8-4-7-12(18)19)11-5-2-1-3-6-11/h1-3,5-6H,4,7-10H2,(H,18,19). The van der Waals surface area contributed by atoms with E-state index in [4.69, 9.17) is 5.11 Å². The molecule has 0 fully saturated rings. The van der Waals surface area contributed by atoms with Gasteiger partial charge in [-0.2, -0.15) is 0 Å². The van der Waals surface area contributed by atoms with Gasteiger partial charge < -0.3 is 10.0 Å². The fourth-order valence-corrected chi connectivity index (χ4v) is 1.70. The van der Waals surface area contributed by atoms with Crippen molar-refractivity contribution in [2.75, 3.05) is 24.6 Å². The third kappa shape index (κ3) is 6.98. The minimum absolute atomic E-state index is 0.0243. The number of carbonyl (C=O) groups is 1. The summed E-state index contributed by atoms with van der Waals surface area (Å²) in [5, 5.41) is 8.59. The zero-order valence-electron chi connectivity index (χ0n) is 10.8. The molecular weight excluding hydrogens is 275 g/mol. The number of hydrogen-bond donors (Lipinski definition) is 1. The Morgan fingerprint density at radius 3 is 2.40 bits per heavy atom. The number of rotatable bonds is 8. The molecule has 0 heterocycles. The van der Waals surface area contributed by atoms with Gasteiger partial charge in [0.05, 0.1) is 6.61 Å². The van der Waals surface area contributed by atoms with Crippen LogP contribution >= 0.6 is 0 Å². The fourth-order valence-electron chi connectivity index (χ4n) is 1.70. The highest BCUT2D eigenvalue weighted by molar-refractivity contribution is 5.66. The van der Waals surface area contributed by atoms with Crippen molar-refractivity contribution in [2.24, 2.45) is 0 Å². The van der Waals surface area contributed by atoms with Gasteiger partial charge in [0.15, 0.2) is 0 Å². The third-order valence-corrected chi connectivity index (χ3v) is 2.57. The van der Waals surface area contributed by atoms with Crippen LogP contribution in [0.2, 0.25) is 0 Å². The summed E-state index contributed by atoms with van der Waals surface area (Å²) in [7, 11) is 0. The van der Waals surface area contributed by atoms with Crippen LogP contribution in [0.25, 0.3) is 0 Å². The molecule has 0 amide bonds. The molecule has 0 saturated heterocycles. The van der Waals surface area contributed by atoms with Crippen molar-refractivity contribution in [3.63, 3.8) is 0 Å². The monoisotopic (exact) mass is 291 g/mol. The molecule has 20 heavy (non-hydrogen) atoms. The van der Waals surface area contributed by atoms with Crippen LogP contribution in [-0.4, -0.2) is 37.1 Å². The van der Waals surface area contributed by atoms with E-state index in [2.05, 4.69) is 4.74 Å². The molecule has 0 aliphatic rings. The van der Waals surface area contributed by atoms with Crippen molar-refractivity contribution in [3.8, 4) is 0 Å². The molecular formula is C13H16F3NO3. The van der Waals surface area contributed by atoms with Crippen LogP contribution in [0, 0.1) is 0 Å². The molecule has 0 saturated carbocycles. The second-order valence-corrected chi connectivity index (χ2v) is 4.11. The quantitative estimate of drug-likeness (QED) is 0.800. The van der Waals surface area contributed by atoms with Gasteiger partial charge in [-0.05, 0) is 18.6 Å². The summed E-state index contributed by atoms with van der Waals surface area (Å²) in [4.78, 5) is 12.1. The summed E-state index contributed by atoms with van der Waals surface area (Å²) in [5.41, 5.74) is 0.740. The zero-order chi connectivity index (χ0) is 15.0. The first-order valence-electron chi connectivity index (χ1n) is 6.11. The number of para-hydroxylation sites is 1. The van der Waals surface area contributed by atoms with E-state index in [0.717, 1.165) is 5.69 Å². The predicted molar refractivity (Wildman–Crippen MR) is 67.5 cm³/mol. The second-order valence-electron chi connectivity index (χ2n) is 4.11. The van der Waals surface area contributed by atoms with Gasteiger partial charge >= 0.3 is 12.3 Å². The summed E-state index contributed by atoms with van der Waals surface area (Å²) in [5.74, 6) is -0.926. The van der Waals surface area contributed by atoms with E-state index >= 15 is 0 Å². The number of halogens is 3. The van der Waals surface area contributed by atoms with Crippen molar-refractivity contribution in [1.82, 2.24) is 0 Å². The van der Waals surface area contributed by atoms with E-state index in [-0.39, 0.29) is 13.0 Å². The lowest BCUT2D eigenvalue weighted by atomic mass is 10.2. The molecule has 0 aliphatic carbocycles. The lowest BCUT2D eigenvalue weighted by molar-refractivity contribution is -0.323. The number of anilines is 1. The Balaban J connectivity index is 2.53. The summed E-state index contributed by atoms with van der Waals surface area (Å²) in [6.45, 7) is -0.0911. The van der Waals surface area contributed by atoms with Crippen molar-refractivity contribution in [3.05, 3.63) is 30.3 Å². The van der Waals surface area contributed by atoms with E-state index in [9.17, 15) is 18.0 Å². The molecule has 112 valence electrons. The largest absolute Gasteiger partial charge is 0.522 e. The number of hydrogen-bond acceptors (Lipinski definition) is 3. The first kappa shape index (κ1) is 16.3. The van der Waals surface area contributed by atoms with E-state index in [1.54, 1.807) is 35.2 Å². The lowest BCUT2D eigenvalue weighted by Gasteiger charge is -2.24. The SMILES string of the molecule is O=C(O)CCCN(CCOC(F)(F)F)c1ccccc1. The fraction of sp³-hybridized carbons (Fsp3) is 0.462. The van der Waals surface area contributed by atoms with E-state index in [1.807, 2.05) is 0 Å². The first-order chi connectivity index (χ1) is 9.38. The highest BCUT2D eigenvalue weighted by Crippen LogP contribution is 2.18. The molecule has 1 aromatic carbocycles. The van der Waals surface area contributed by atoms with Gasteiger partial charge in [-0.25, -0.2) is 0 Å². The Bertz CT molecular complexity index is 409. The summed E-state index contributed by atoms with van der Waals surface area (Å²) >= 11 is 0. The average molecular weight is 291 g/mol. The molecule has 0 radical (unpaired) electrons. The maximum absolute atomic E-state index is 11.9. The Kier molecular flexibility index (Phi) is 6.30. The van der Waals surface area contributed by atoms with E-state index in [0.29, 0.717) is 13.0 Å². The first-order valence-corrected chi connectivity index (χ1v) is 6.11. The molecule has 0 spiro atoms. The van der Waals surface area contributed by atoms with Crippen LogP contribution in [0.15, 0.2) is 30.3 Å². The smallest absolute Gasteiger partial charge is 0.481 e. The van der Waals surface area contributed by atoms with Gasteiger partial charge in [0.25, 0.3) is 0 Å². The van der Waals surface area contributed by atoms with Gasteiger partial charge in [0.1, 0.15) is 0 Å². The highest BCUT2D eigenvalue weighted by atomic mass is 19.4. The summed E-state index contributed by atoms with van der Waals surface area (Å²) < 4.78 is 39.6. The molecule has 1 aromatic rings.